The Hall–Kier alpha value is -0.240. The van der Waals surface area contributed by atoms with Crippen LogP contribution in [0.5, 0.6) is 0 Å². The Labute approximate surface area is 83.1 Å². The molecular weight excluding hydrogens is 190 g/mol. The van der Waals surface area contributed by atoms with E-state index < -0.39 is 24.6 Å². The van der Waals surface area contributed by atoms with Crippen molar-refractivity contribution in [3.63, 3.8) is 0 Å². The number of rotatable bonds is 7. The summed E-state index contributed by atoms with van der Waals surface area (Å²) in [4.78, 5) is 0. The zero-order chi connectivity index (χ0) is 11.1. The Morgan fingerprint density at radius 3 is 2.14 bits per heavy atom. The van der Waals surface area contributed by atoms with Crippen molar-refractivity contribution in [1.29, 1.82) is 0 Å². The molecule has 0 heterocycles. The Morgan fingerprint density at radius 1 is 1.14 bits per heavy atom. The second kappa shape index (κ2) is 7.10. The number of hydrogen-bond acceptors (Lipinski definition) is 6. The summed E-state index contributed by atoms with van der Waals surface area (Å²) >= 11 is 0. The van der Waals surface area contributed by atoms with E-state index in [-0.39, 0.29) is 6.42 Å². The van der Waals surface area contributed by atoms with Crippen LogP contribution in [-0.2, 0) is 4.74 Å². The normalized spacial score (nSPS) is 20.1. The van der Waals surface area contributed by atoms with Crippen LogP contribution in [0.25, 0.3) is 0 Å². The van der Waals surface area contributed by atoms with Gasteiger partial charge in [-0.15, -0.1) is 0 Å². The summed E-state index contributed by atoms with van der Waals surface area (Å²) in [6, 6.07) is 0. The van der Waals surface area contributed by atoms with Gasteiger partial charge in [0.15, 0.2) is 6.29 Å². The molecule has 0 aliphatic carbocycles. The Bertz CT molecular complexity index is 146. The fourth-order valence-electron chi connectivity index (χ4n) is 0.999. The monoisotopic (exact) mass is 209 g/mol. The van der Waals surface area contributed by atoms with Gasteiger partial charge in [0.1, 0.15) is 12.2 Å². The van der Waals surface area contributed by atoms with E-state index in [1.165, 1.54) is 7.11 Å². The number of hydrogen-bond donors (Lipinski definition) is 5. The molecule has 0 spiro atoms. The molecule has 6 heteroatoms. The van der Waals surface area contributed by atoms with Gasteiger partial charge in [-0.2, -0.15) is 0 Å². The molecule has 14 heavy (non-hydrogen) atoms. The van der Waals surface area contributed by atoms with Gasteiger partial charge >= 0.3 is 0 Å². The molecule has 0 radical (unpaired) electrons. The lowest BCUT2D eigenvalue weighted by atomic mass is 10.0. The molecule has 0 aromatic heterocycles. The maximum Gasteiger partial charge on any atom is 0.183 e. The standard InChI is InChI=1S/C8H19NO5/c1-9-4-3-5(10)6(11)7(12)8(13)14-2/h5-13H,3-4H2,1-2H3/t5-,6?,7?,8+/m1/s1. The van der Waals surface area contributed by atoms with E-state index in [4.69, 9.17) is 5.11 Å². The van der Waals surface area contributed by atoms with E-state index in [2.05, 4.69) is 10.1 Å². The van der Waals surface area contributed by atoms with Crippen molar-refractivity contribution in [2.45, 2.75) is 31.0 Å². The van der Waals surface area contributed by atoms with Gasteiger partial charge in [0.05, 0.1) is 6.10 Å². The smallest absolute Gasteiger partial charge is 0.183 e. The molecule has 5 N–H and O–H groups in total. The molecule has 0 aliphatic rings. The highest BCUT2D eigenvalue weighted by molar-refractivity contribution is 4.77. The molecule has 0 saturated carbocycles. The van der Waals surface area contributed by atoms with Crippen LogP contribution in [-0.4, -0.2) is 65.7 Å². The first kappa shape index (κ1) is 13.8. The van der Waals surface area contributed by atoms with Gasteiger partial charge in [-0.3, -0.25) is 0 Å². The third kappa shape index (κ3) is 4.32. The Morgan fingerprint density at radius 2 is 1.71 bits per heavy atom. The first-order valence-corrected chi connectivity index (χ1v) is 4.44. The molecule has 0 amide bonds. The second-order valence-corrected chi connectivity index (χ2v) is 3.07. The lowest BCUT2D eigenvalue weighted by molar-refractivity contribution is -0.190. The molecule has 2 unspecified atom stereocenters. The zero-order valence-corrected chi connectivity index (χ0v) is 8.42. The largest absolute Gasteiger partial charge is 0.390 e. The molecular formula is C8H19NO5. The fourth-order valence-corrected chi connectivity index (χ4v) is 0.999. The molecule has 0 aromatic carbocycles. The van der Waals surface area contributed by atoms with E-state index in [0.717, 1.165) is 0 Å². The second-order valence-electron chi connectivity index (χ2n) is 3.07. The molecule has 4 atom stereocenters. The molecule has 86 valence electrons. The fraction of sp³-hybridized carbons (Fsp3) is 1.00. The SMILES string of the molecule is CNCC[C@@H](O)C(O)C(O)[C@@H](O)OC. The predicted octanol–water partition coefficient (Wildman–Crippen LogP) is -2.36. The lowest BCUT2D eigenvalue weighted by Gasteiger charge is -2.25. The lowest BCUT2D eigenvalue weighted by Crippen LogP contribution is -2.45. The van der Waals surface area contributed by atoms with Crippen molar-refractivity contribution in [3.8, 4) is 0 Å². The van der Waals surface area contributed by atoms with E-state index in [0.29, 0.717) is 6.54 Å². The summed E-state index contributed by atoms with van der Waals surface area (Å²) < 4.78 is 4.41. The summed E-state index contributed by atoms with van der Waals surface area (Å²) in [6.07, 6.45) is -5.23. The average Bonchev–Trinajstić information content (AvgIpc) is 2.22. The molecule has 0 aromatic rings. The van der Waals surface area contributed by atoms with E-state index in [1.54, 1.807) is 7.05 Å². The van der Waals surface area contributed by atoms with E-state index in [1.807, 2.05) is 0 Å². The molecule has 0 fully saturated rings. The maximum absolute atomic E-state index is 9.35. The summed E-state index contributed by atoms with van der Waals surface area (Å²) in [5.41, 5.74) is 0. The van der Waals surface area contributed by atoms with E-state index >= 15 is 0 Å². The Balaban J connectivity index is 3.95. The van der Waals surface area contributed by atoms with Crippen molar-refractivity contribution in [2.75, 3.05) is 20.7 Å². The van der Waals surface area contributed by atoms with Crippen LogP contribution in [0.4, 0.5) is 0 Å². The van der Waals surface area contributed by atoms with Crippen molar-refractivity contribution >= 4 is 0 Å². The van der Waals surface area contributed by atoms with Gasteiger partial charge in [0.2, 0.25) is 0 Å². The van der Waals surface area contributed by atoms with Crippen LogP contribution in [0.2, 0.25) is 0 Å². The number of nitrogens with one attached hydrogen (secondary N) is 1. The minimum atomic E-state index is -1.51. The maximum atomic E-state index is 9.35. The van der Waals surface area contributed by atoms with Crippen LogP contribution in [0, 0.1) is 0 Å². The molecule has 6 nitrogen and oxygen atoms in total. The summed E-state index contributed by atoms with van der Waals surface area (Å²) in [5, 5.41) is 39.7. The highest BCUT2D eigenvalue weighted by Gasteiger charge is 2.29. The third-order valence-corrected chi connectivity index (χ3v) is 1.97. The number of ether oxygens (including phenoxy) is 1. The van der Waals surface area contributed by atoms with Crippen molar-refractivity contribution in [1.82, 2.24) is 5.32 Å². The quantitative estimate of drug-likeness (QED) is 0.301. The van der Waals surface area contributed by atoms with Crippen LogP contribution in [0.1, 0.15) is 6.42 Å². The van der Waals surface area contributed by atoms with Gasteiger partial charge in [0, 0.05) is 7.11 Å². The van der Waals surface area contributed by atoms with Gasteiger partial charge in [-0.25, -0.2) is 0 Å². The third-order valence-electron chi connectivity index (χ3n) is 1.97. The molecule has 0 bridgehead atoms. The molecule has 0 aliphatic heterocycles. The first-order chi connectivity index (χ1) is 6.54. The average molecular weight is 209 g/mol. The highest BCUT2D eigenvalue weighted by Crippen LogP contribution is 2.07. The summed E-state index contributed by atoms with van der Waals surface area (Å²) in [5.74, 6) is 0. The predicted molar refractivity (Wildman–Crippen MR) is 49.6 cm³/mol. The van der Waals surface area contributed by atoms with Crippen LogP contribution in [0.3, 0.4) is 0 Å². The van der Waals surface area contributed by atoms with Gasteiger partial charge in [-0.05, 0) is 20.0 Å². The van der Waals surface area contributed by atoms with Gasteiger partial charge in [0.25, 0.3) is 0 Å². The van der Waals surface area contributed by atoms with Crippen molar-refractivity contribution in [2.24, 2.45) is 0 Å². The summed E-state index contributed by atoms with van der Waals surface area (Å²) in [6.45, 7) is 0.508. The number of methoxy groups -OCH3 is 1. The minimum Gasteiger partial charge on any atom is -0.390 e. The van der Waals surface area contributed by atoms with Gasteiger partial charge in [-0.1, -0.05) is 0 Å². The topological polar surface area (TPSA) is 102 Å². The van der Waals surface area contributed by atoms with Crippen LogP contribution < -0.4 is 5.32 Å². The van der Waals surface area contributed by atoms with Crippen LogP contribution >= 0.6 is 0 Å². The highest BCUT2D eigenvalue weighted by atomic mass is 16.6. The summed E-state index contributed by atoms with van der Waals surface area (Å²) in [7, 11) is 2.90. The zero-order valence-electron chi connectivity index (χ0n) is 8.42. The van der Waals surface area contributed by atoms with E-state index in [9.17, 15) is 15.3 Å². The Kier molecular flexibility index (Phi) is 6.98. The first-order valence-electron chi connectivity index (χ1n) is 4.44. The van der Waals surface area contributed by atoms with Crippen molar-refractivity contribution < 1.29 is 25.2 Å². The van der Waals surface area contributed by atoms with Crippen LogP contribution in [0.15, 0.2) is 0 Å². The molecule has 0 saturated heterocycles. The number of aliphatic hydroxyl groups excluding tert-OH is 4. The molecule has 0 rings (SSSR count). The number of aliphatic hydroxyl groups is 4. The van der Waals surface area contributed by atoms with Gasteiger partial charge < -0.3 is 30.5 Å². The minimum absolute atomic E-state index is 0.283. The van der Waals surface area contributed by atoms with Crippen molar-refractivity contribution in [3.05, 3.63) is 0 Å².